The van der Waals surface area contributed by atoms with E-state index < -0.39 is 0 Å². The molecule has 0 N–H and O–H groups in total. The Labute approximate surface area is 748 Å². The Bertz CT molecular complexity index is 6940. The summed E-state index contributed by atoms with van der Waals surface area (Å²) < 4.78 is 0. The van der Waals surface area contributed by atoms with E-state index in [1.54, 1.807) is 0 Å². The lowest BCUT2D eigenvalue weighted by atomic mass is 10.00. The molecule has 0 amide bonds. The van der Waals surface area contributed by atoms with Crippen LogP contribution < -0.4 is 39.2 Å². The second kappa shape index (κ2) is 35.7. The van der Waals surface area contributed by atoms with E-state index in [1.807, 2.05) is 0 Å². The molecule has 0 radical (unpaired) electrons. The number of fused-ring (bicyclic) bond motifs is 3. The fourth-order valence-corrected chi connectivity index (χ4v) is 17.7. The van der Waals surface area contributed by atoms with Gasteiger partial charge in [-0.05, 0) is 341 Å². The molecule has 0 atom stereocenters. The maximum Gasteiger partial charge on any atom is 0.0468 e. The van der Waals surface area contributed by atoms with Crippen molar-refractivity contribution in [3.63, 3.8) is 0 Å². The highest BCUT2D eigenvalue weighted by atomic mass is 15.2. The zero-order chi connectivity index (χ0) is 85.3. The highest BCUT2D eigenvalue weighted by Crippen LogP contribution is 2.48. The molecule has 8 heteroatoms. The molecule has 0 unspecified atom stereocenters. The van der Waals surface area contributed by atoms with Gasteiger partial charge in [-0.3, -0.25) is 0 Å². The summed E-state index contributed by atoms with van der Waals surface area (Å²) in [6.45, 7) is 0. The summed E-state index contributed by atoms with van der Waals surface area (Å²) in [6.07, 6.45) is 0. The predicted octanol–water partition coefficient (Wildman–Crippen LogP) is 34.6. The third-order valence-corrected chi connectivity index (χ3v) is 23.8. The maximum absolute atomic E-state index is 2.37. The number of anilines is 24. The molecule has 0 fully saturated rings. The van der Waals surface area contributed by atoms with E-state index in [4.69, 9.17) is 0 Å². The van der Waals surface area contributed by atoms with Gasteiger partial charge in [0.1, 0.15) is 0 Å². The fraction of sp³-hybridized carbons (Fsp3) is 0. The largest absolute Gasteiger partial charge is 0.311 e. The summed E-state index contributed by atoms with van der Waals surface area (Å²) in [5.41, 5.74) is 27.5. The highest BCUT2D eigenvalue weighted by molar-refractivity contribution is 5.96. The average molecular weight is 1640 g/mol. The van der Waals surface area contributed by atoms with Crippen molar-refractivity contribution < 1.29 is 0 Å². The Hall–Kier alpha value is -17.2. The van der Waals surface area contributed by atoms with E-state index >= 15 is 0 Å². The summed E-state index contributed by atoms with van der Waals surface area (Å²) >= 11 is 0. The molecule has 0 aromatic heterocycles. The summed E-state index contributed by atoms with van der Waals surface area (Å²) in [6, 6.07) is 192. The summed E-state index contributed by atoms with van der Waals surface area (Å²) in [7, 11) is 0. The lowest BCUT2D eigenvalue weighted by Gasteiger charge is -2.30. The number of rotatable bonds is 25. The molecule has 0 heterocycles. The first kappa shape index (κ1) is 78.1. The van der Waals surface area contributed by atoms with Gasteiger partial charge in [0.15, 0.2) is 0 Å². The topological polar surface area (TPSA) is 25.9 Å². The normalized spacial score (nSPS) is 11.1. The van der Waals surface area contributed by atoms with Gasteiger partial charge in [0.25, 0.3) is 0 Å². The van der Waals surface area contributed by atoms with Crippen molar-refractivity contribution in [3.8, 4) is 11.1 Å². The van der Waals surface area contributed by atoms with Crippen LogP contribution in [-0.4, -0.2) is 0 Å². The van der Waals surface area contributed by atoms with E-state index in [9.17, 15) is 0 Å². The Kier molecular flexibility index (Phi) is 21.8. The molecule has 0 saturated carbocycles. The van der Waals surface area contributed by atoms with Gasteiger partial charge in [0.2, 0.25) is 0 Å². The van der Waals surface area contributed by atoms with Gasteiger partial charge in [-0.15, -0.1) is 0 Å². The zero-order valence-corrected chi connectivity index (χ0v) is 70.4. The van der Waals surface area contributed by atoms with Gasteiger partial charge in [0, 0.05) is 136 Å². The van der Waals surface area contributed by atoms with Gasteiger partial charge in [-0.25, -0.2) is 0 Å². The molecule has 0 aliphatic heterocycles. The minimum absolute atomic E-state index is 1.01. The van der Waals surface area contributed by atoms with E-state index in [-0.39, 0.29) is 0 Å². The van der Waals surface area contributed by atoms with Crippen LogP contribution in [0.25, 0.3) is 43.4 Å². The van der Waals surface area contributed by atoms with Gasteiger partial charge >= 0.3 is 0 Å². The fourth-order valence-electron chi connectivity index (χ4n) is 17.7. The average Bonchev–Trinajstić information content (AvgIpc) is 0.770. The van der Waals surface area contributed by atoms with Crippen LogP contribution in [0.1, 0.15) is 0 Å². The van der Waals surface area contributed by atoms with Crippen LogP contribution in [0.3, 0.4) is 0 Å². The smallest absolute Gasteiger partial charge is 0.0468 e. The van der Waals surface area contributed by atoms with Crippen LogP contribution in [-0.2, 0) is 0 Å². The summed E-state index contributed by atoms with van der Waals surface area (Å²) in [4.78, 5) is 18.7. The van der Waals surface area contributed by atoms with Crippen LogP contribution in [0.5, 0.6) is 0 Å². The van der Waals surface area contributed by atoms with Gasteiger partial charge in [-0.1, -0.05) is 237 Å². The number of hydrogen-bond acceptors (Lipinski definition) is 8. The standard InChI is InChI=1S/C120H88N8/c1-9-33-97(34-10-1)121(98-35-11-2-12-36-98)106-61-67-109(68-62-106)124(110-69-63-107(64-70-110)122(99-37-13-3-14-38-99)100-39-15-4-16-40-100)111-71-65-108(66-72-111)123(101-41-17-5-18-42-101)105-56-51-91(52-57-105)94-49-50-96-88-120(60-55-95(96)85-94)128(104-47-23-8-24-48-104)117-83-77-114(78-84-117)125(112-73-79-115(80-74-112)126(102-43-19-6-20-44-102)118-58-53-89-29-25-27-31-92(89)86-118)113-75-81-116(82-76-113)127(103-45-21-7-22-46-103)119-59-54-90-30-26-28-32-93(90)87-119/h1-88H. The van der Waals surface area contributed by atoms with Crippen molar-refractivity contribution in [3.05, 3.63) is 534 Å². The summed E-state index contributed by atoms with van der Waals surface area (Å²) in [5.74, 6) is 0. The second-order valence-corrected chi connectivity index (χ2v) is 31.8. The Balaban J connectivity index is 0.585. The van der Waals surface area contributed by atoms with Crippen LogP contribution in [0.15, 0.2) is 534 Å². The molecule has 8 nitrogen and oxygen atoms in total. The number of benzene rings is 21. The predicted molar refractivity (Wildman–Crippen MR) is 542 cm³/mol. The van der Waals surface area contributed by atoms with Crippen LogP contribution in [0.4, 0.5) is 136 Å². The SMILES string of the molecule is c1ccc(N(c2ccccc2)c2ccc(N(c3ccc(N(c4ccccc4)c4ccccc4)cc3)c3ccc(N(c4ccccc4)c4ccc(-c5ccc6cc(N(c7ccccc7)c7ccc(N(c8ccc(N(c9ccccc9)c9ccc%10ccccc%10c9)cc8)c8ccc(N(c9ccccc9)c9ccc%10ccccc%10c9)cc8)cc7)ccc6c5)cc4)cc3)cc2)cc1. The molecule has 128 heavy (non-hydrogen) atoms. The summed E-state index contributed by atoms with van der Waals surface area (Å²) in [5, 5.41) is 7.07. The van der Waals surface area contributed by atoms with E-state index in [0.717, 1.165) is 158 Å². The molecular formula is C120H88N8. The van der Waals surface area contributed by atoms with E-state index in [0.29, 0.717) is 0 Å². The van der Waals surface area contributed by atoms with Crippen LogP contribution in [0, 0.1) is 0 Å². The molecule has 608 valence electrons. The van der Waals surface area contributed by atoms with Crippen molar-refractivity contribution in [1.29, 1.82) is 0 Å². The van der Waals surface area contributed by atoms with Crippen molar-refractivity contribution in [2.45, 2.75) is 0 Å². The maximum atomic E-state index is 2.37. The second-order valence-electron chi connectivity index (χ2n) is 31.8. The van der Waals surface area contributed by atoms with Crippen molar-refractivity contribution in [1.82, 2.24) is 0 Å². The quantitative estimate of drug-likeness (QED) is 0.0559. The van der Waals surface area contributed by atoms with Crippen LogP contribution in [0.2, 0.25) is 0 Å². The zero-order valence-electron chi connectivity index (χ0n) is 70.4. The third-order valence-electron chi connectivity index (χ3n) is 23.8. The number of hydrogen-bond donors (Lipinski definition) is 0. The molecule has 0 saturated heterocycles. The first-order valence-electron chi connectivity index (χ1n) is 43.5. The lowest BCUT2D eigenvalue weighted by Crippen LogP contribution is -2.14. The molecule has 21 aromatic carbocycles. The van der Waals surface area contributed by atoms with E-state index in [2.05, 4.69) is 573 Å². The Morgan fingerprint density at radius 1 is 0.0781 bits per heavy atom. The Morgan fingerprint density at radius 3 is 0.414 bits per heavy atom. The third kappa shape index (κ3) is 16.3. The van der Waals surface area contributed by atoms with Crippen molar-refractivity contribution in [2.75, 3.05) is 39.2 Å². The molecule has 0 spiro atoms. The molecule has 0 aliphatic rings. The van der Waals surface area contributed by atoms with Crippen LogP contribution >= 0.6 is 0 Å². The highest BCUT2D eigenvalue weighted by Gasteiger charge is 2.25. The molecule has 21 rings (SSSR count). The first-order valence-corrected chi connectivity index (χ1v) is 43.5. The van der Waals surface area contributed by atoms with Gasteiger partial charge < -0.3 is 39.2 Å². The van der Waals surface area contributed by atoms with Crippen molar-refractivity contribution >= 4 is 169 Å². The molecule has 0 bridgehead atoms. The molecule has 21 aromatic rings. The lowest BCUT2D eigenvalue weighted by molar-refractivity contribution is 1.24. The molecule has 0 aliphatic carbocycles. The van der Waals surface area contributed by atoms with Gasteiger partial charge in [0.05, 0.1) is 0 Å². The Morgan fingerprint density at radius 2 is 0.203 bits per heavy atom. The minimum Gasteiger partial charge on any atom is -0.311 e. The monoisotopic (exact) mass is 1640 g/mol. The number of nitrogens with zero attached hydrogens (tertiary/aromatic N) is 8. The van der Waals surface area contributed by atoms with Crippen molar-refractivity contribution in [2.24, 2.45) is 0 Å². The van der Waals surface area contributed by atoms with E-state index in [1.165, 1.54) is 21.5 Å². The molecular weight excluding hydrogens is 1550 g/mol. The number of para-hydroxylation sites is 8. The first-order chi connectivity index (χ1) is 63.5. The minimum atomic E-state index is 1.01. The van der Waals surface area contributed by atoms with Gasteiger partial charge in [-0.2, -0.15) is 0 Å².